The number of nitrogens with one attached hydrogen (secondary N) is 2. The zero-order chi connectivity index (χ0) is 14.0. The lowest BCUT2D eigenvalue weighted by atomic mass is 9.84. The summed E-state index contributed by atoms with van der Waals surface area (Å²) in [6.07, 6.45) is 4.54. The minimum Gasteiger partial charge on any atom is -0.346 e. The zero-order valence-corrected chi connectivity index (χ0v) is 13.4. The van der Waals surface area contributed by atoms with Gasteiger partial charge < -0.3 is 10.6 Å². The molecule has 3 nitrogen and oxygen atoms in total. The summed E-state index contributed by atoms with van der Waals surface area (Å²) < 4.78 is 0. The molecule has 0 radical (unpaired) electrons. The monoisotopic (exact) mass is 308 g/mol. The van der Waals surface area contributed by atoms with Crippen LogP contribution in [-0.4, -0.2) is 19.0 Å². The maximum atomic E-state index is 12.6. The van der Waals surface area contributed by atoms with E-state index >= 15 is 0 Å². The predicted molar refractivity (Wildman–Crippen MR) is 87.5 cm³/mol. The summed E-state index contributed by atoms with van der Waals surface area (Å²) in [7, 11) is 0. The summed E-state index contributed by atoms with van der Waals surface area (Å²) in [5.74, 6) is 0.837. The van der Waals surface area contributed by atoms with Crippen LogP contribution in [-0.2, 0) is 10.3 Å². The molecule has 116 valence electrons. The molecule has 0 aromatic heterocycles. The van der Waals surface area contributed by atoms with Crippen molar-refractivity contribution in [3.63, 3.8) is 0 Å². The van der Waals surface area contributed by atoms with Crippen LogP contribution in [0.5, 0.6) is 0 Å². The van der Waals surface area contributed by atoms with Gasteiger partial charge in [0.2, 0.25) is 5.91 Å². The van der Waals surface area contributed by atoms with Gasteiger partial charge in [0, 0.05) is 5.92 Å². The van der Waals surface area contributed by atoms with Crippen LogP contribution in [0.3, 0.4) is 0 Å². The maximum absolute atomic E-state index is 12.6. The van der Waals surface area contributed by atoms with Gasteiger partial charge in [0.15, 0.2) is 0 Å². The van der Waals surface area contributed by atoms with E-state index in [-0.39, 0.29) is 29.8 Å². The number of benzene rings is 1. The quantitative estimate of drug-likeness (QED) is 0.898. The molecule has 2 aliphatic rings. The van der Waals surface area contributed by atoms with E-state index in [2.05, 4.69) is 41.8 Å². The first-order valence-corrected chi connectivity index (χ1v) is 7.79. The van der Waals surface area contributed by atoms with E-state index in [9.17, 15) is 4.79 Å². The van der Waals surface area contributed by atoms with Crippen molar-refractivity contribution in [2.24, 2.45) is 11.8 Å². The number of rotatable bonds is 4. The second kappa shape index (κ2) is 6.80. The van der Waals surface area contributed by atoms with Gasteiger partial charge in [-0.3, -0.25) is 4.79 Å². The molecule has 21 heavy (non-hydrogen) atoms. The van der Waals surface area contributed by atoms with E-state index < -0.39 is 0 Å². The first-order valence-electron chi connectivity index (χ1n) is 7.79. The van der Waals surface area contributed by atoms with Gasteiger partial charge in [0.05, 0.1) is 5.54 Å². The van der Waals surface area contributed by atoms with Crippen molar-refractivity contribution in [3.8, 4) is 0 Å². The fourth-order valence-electron chi connectivity index (χ4n) is 3.45. The summed E-state index contributed by atoms with van der Waals surface area (Å²) in [6, 6.07) is 10.5. The Hall–Kier alpha value is -1.06. The van der Waals surface area contributed by atoms with Crippen molar-refractivity contribution < 1.29 is 4.79 Å². The van der Waals surface area contributed by atoms with Crippen molar-refractivity contribution in [1.29, 1.82) is 0 Å². The Balaban J connectivity index is 0.00000161. The lowest BCUT2D eigenvalue weighted by Gasteiger charge is -2.36. The predicted octanol–water partition coefficient (Wildman–Crippen LogP) is 2.85. The molecule has 1 aromatic rings. The number of amides is 1. The molecule has 1 unspecified atom stereocenters. The average Bonchev–Trinajstić information content (AvgIpc) is 2.87. The van der Waals surface area contributed by atoms with E-state index in [1.54, 1.807) is 0 Å². The molecule has 0 bridgehead atoms. The highest BCUT2D eigenvalue weighted by Crippen LogP contribution is 2.39. The molecule has 1 saturated carbocycles. The van der Waals surface area contributed by atoms with Gasteiger partial charge in [-0.15, -0.1) is 12.4 Å². The Morgan fingerprint density at radius 1 is 1.24 bits per heavy atom. The van der Waals surface area contributed by atoms with E-state index in [1.807, 2.05) is 6.07 Å². The molecule has 0 spiro atoms. The number of halogens is 1. The Bertz CT molecular complexity index is 467. The first kappa shape index (κ1) is 16.3. The van der Waals surface area contributed by atoms with E-state index in [0.717, 1.165) is 25.9 Å². The highest BCUT2D eigenvalue weighted by atomic mass is 35.5. The third-order valence-corrected chi connectivity index (χ3v) is 5.08. The van der Waals surface area contributed by atoms with Crippen LogP contribution in [0.1, 0.15) is 38.2 Å². The average molecular weight is 309 g/mol. The highest BCUT2D eigenvalue weighted by molar-refractivity contribution is 5.85. The van der Waals surface area contributed by atoms with Crippen molar-refractivity contribution in [2.75, 3.05) is 13.1 Å². The summed E-state index contributed by atoms with van der Waals surface area (Å²) in [5, 5.41) is 6.64. The number of carbonyl (C=O) groups is 1. The van der Waals surface area contributed by atoms with Gasteiger partial charge in [0.1, 0.15) is 0 Å². The third kappa shape index (κ3) is 3.24. The van der Waals surface area contributed by atoms with Gasteiger partial charge in [0.25, 0.3) is 0 Å². The largest absolute Gasteiger partial charge is 0.346 e. The molecular formula is C17H25ClN2O. The molecule has 1 atom stereocenters. The highest BCUT2D eigenvalue weighted by Gasteiger charge is 2.39. The second-order valence-corrected chi connectivity index (χ2v) is 6.35. The van der Waals surface area contributed by atoms with Crippen molar-refractivity contribution in [2.45, 2.75) is 38.1 Å². The van der Waals surface area contributed by atoms with E-state index in [0.29, 0.717) is 5.92 Å². The fraction of sp³-hybridized carbons (Fsp3) is 0.588. The van der Waals surface area contributed by atoms with E-state index in [1.165, 1.54) is 18.4 Å². The topological polar surface area (TPSA) is 41.1 Å². The van der Waals surface area contributed by atoms with Crippen molar-refractivity contribution >= 4 is 18.3 Å². The standard InChI is InChI=1S/C17H24N2O.ClH/c1-13(14-11-18-12-14)16(20)19-17(9-5-6-10-17)15-7-3-2-4-8-15;/h2-4,7-8,13-14,18H,5-6,9-12H2,1H3,(H,19,20);1H. The van der Waals surface area contributed by atoms with Crippen LogP contribution in [0, 0.1) is 11.8 Å². The maximum Gasteiger partial charge on any atom is 0.223 e. The summed E-state index contributed by atoms with van der Waals surface area (Å²) in [4.78, 5) is 12.6. The molecule has 3 rings (SSSR count). The number of hydrogen-bond acceptors (Lipinski definition) is 2. The minimum absolute atomic E-state index is 0. The third-order valence-electron chi connectivity index (χ3n) is 5.08. The summed E-state index contributed by atoms with van der Waals surface area (Å²) in [5.41, 5.74) is 1.15. The van der Waals surface area contributed by atoms with Gasteiger partial charge >= 0.3 is 0 Å². The van der Waals surface area contributed by atoms with Gasteiger partial charge in [-0.2, -0.15) is 0 Å². The second-order valence-electron chi connectivity index (χ2n) is 6.35. The Morgan fingerprint density at radius 3 is 2.38 bits per heavy atom. The van der Waals surface area contributed by atoms with Crippen molar-refractivity contribution in [3.05, 3.63) is 35.9 Å². The SMILES string of the molecule is CC(C(=O)NC1(c2ccccc2)CCCC1)C1CNC1.Cl. The van der Waals surface area contributed by atoms with Crippen LogP contribution < -0.4 is 10.6 Å². The molecule has 1 amide bonds. The first-order chi connectivity index (χ1) is 9.71. The van der Waals surface area contributed by atoms with Crippen molar-refractivity contribution in [1.82, 2.24) is 10.6 Å². The Labute approximate surface area is 133 Å². The van der Waals surface area contributed by atoms with E-state index in [4.69, 9.17) is 0 Å². The lowest BCUT2D eigenvalue weighted by Crippen LogP contribution is -2.53. The molecule has 1 aliphatic heterocycles. The molecule has 1 aliphatic carbocycles. The number of carbonyl (C=O) groups excluding carboxylic acids is 1. The van der Waals surface area contributed by atoms with Crippen LogP contribution in [0.25, 0.3) is 0 Å². The van der Waals surface area contributed by atoms with Gasteiger partial charge in [-0.1, -0.05) is 50.1 Å². The normalized spacial score (nSPS) is 22.0. The minimum atomic E-state index is -0.121. The fourth-order valence-corrected chi connectivity index (χ4v) is 3.45. The molecule has 1 heterocycles. The molecule has 2 fully saturated rings. The summed E-state index contributed by atoms with van der Waals surface area (Å²) >= 11 is 0. The molecule has 4 heteroatoms. The van der Waals surface area contributed by atoms with Crippen LogP contribution >= 0.6 is 12.4 Å². The molecule has 1 saturated heterocycles. The lowest BCUT2D eigenvalue weighted by molar-refractivity contribution is -0.128. The van der Waals surface area contributed by atoms with Gasteiger partial charge in [-0.05, 0) is 37.4 Å². The molecule has 2 N–H and O–H groups in total. The smallest absolute Gasteiger partial charge is 0.223 e. The van der Waals surface area contributed by atoms with Crippen LogP contribution in [0.15, 0.2) is 30.3 Å². The summed E-state index contributed by atoms with van der Waals surface area (Å²) in [6.45, 7) is 4.02. The Kier molecular flexibility index (Phi) is 5.28. The Morgan fingerprint density at radius 2 is 1.86 bits per heavy atom. The number of hydrogen-bond donors (Lipinski definition) is 2. The van der Waals surface area contributed by atoms with Gasteiger partial charge in [-0.25, -0.2) is 0 Å². The molecular weight excluding hydrogens is 284 g/mol. The van der Waals surface area contributed by atoms with Crippen LogP contribution in [0.2, 0.25) is 0 Å². The van der Waals surface area contributed by atoms with Crippen LogP contribution in [0.4, 0.5) is 0 Å². The molecule has 1 aromatic carbocycles. The zero-order valence-electron chi connectivity index (χ0n) is 12.6.